The maximum Gasteiger partial charge on any atom is 0.209 e. The molecule has 0 amide bonds. The van der Waals surface area contributed by atoms with E-state index >= 15 is 0 Å². The van der Waals surface area contributed by atoms with Gasteiger partial charge in [-0.25, -0.2) is 0 Å². The van der Waals surface area contributed by atoms with Crippen LogP contribution in [0.5, 0.6) is 0 Å². The number of hydrogen-bond donors (Lipinski definition) is 4. The van der Waals surface area contributed by atoms with Crippen LogP contribution in [0.25, 0.3) is 0 Å². The van der Waals surface area contributed by atoms with Crippen LogP contribution in [0.3, 0.4) is 0 Å². The molecule has 0 saturated carbocycles. The van der Waals surface area contributed by atoms with Crippen molar-refractivity contribution < 1.29 is 9.59 Å². The summed E-state index contributed by atoms with van der Waals surface area (Å²) in [6.07, 6.45) is 0.434. The standard InChI is InChI=1S/C30H30N4O2.2ClH/c31-19-23-5-1-21(2-6-23)17-27(35)13-15-29(33)25-9-11-26(12-10-25)30(34)16-14-28(36)18-22-3-7-24(20-32)8-4-22;;/h1-12,29-30H,17-20,31-34H2;2*1H. The molecule has 38 heavy (non-hydrogen) atoms. The Hall–Kier alpha value is -3.46. The summed E-state index contributed by atoms with van der Waals surface area (Å²) >= 11 is 0. The van der Waals surface area contributed by atoms with E-state index in [1.54, 1.807) is 24.3 Å². The van der Waals surface area contributed by atoms with Gasteiger partial charge in [0.05, 0.1) is 12.1 Å². The van der Waals surface area contributed by atoms with E-state index in [0.29, 0.717) is 13.1 Å². The summed E-state index contributed by atoms with van der Waals surface area (Å²) in [5.74, 6) is 10.4. The van der Waals surface area contributed by atoms with Crippen LogP contribution in [-0.2, 0) is 35.5 Å². The monoisotopic (exact) mass is 550 g/mol. The van der Waals surface area contributed by atoms with Crippen LogP contribution >= 0.6 is 24.8 Å². The topological polar surface area (TPSA) is 138 Å². The first kappa shape index (κ1) is 32.6. The number of benzene rings is 3. The highest BCUT2D eigenvalue weighted by Gasteiger charge is 2.08. The first-order valence-corrected chi connectivity index (χ1v) is 11.6. The molecule has 3 aromatic rings. The summed E-state index contributed by atoms with van der Waals surface area (Å²) in [5, 5.41) is 0. The molecule has 3 aromatic carbocycles. The predicted octanol–water partition coefficient (Wildman–Crippen LogP) is 3.08. The van der Waals surface area contributed by atoms with Gasteiger partial charge in [-0.3, -0.25) is 9.59 Å². The van der Waals surface area contributed by atoms with Crippen LogP contribution in [-0.4, -0.2) is 11.6 Å². The molecule has 2 unspecified atom stereocenters. The van der Waals surface area contributed by atoms with Crippen LogP contribution in [0.1, 0.15) is 45.5 Å². The molecule has 0 aliphatic carbocycles. The van der Waals surface area contributed by atoms with Crippen LogP contribution in [0.4, 0.5) is 0 Å². The molecule has 8 N–H and O–H groups in total. The molecule has 2 atom stereocenters. The quantitative estimate of drug-likeness (QED) is 0.251. The molecule has 8 heteroatoms. The molecule has 0 radical (unpaired) electrons. The Balaban J connectivity index is 0.00000361. The Labute approximate surface area is 236 Å². The van der Waals surface area contributed by atoms with Crippen molar-refractivity contribution in [2.45, 2.75) is 38.0 Å². The second kappa shape index (κ2) is 16.4. The molecule has 0 saturated heterocycles. The number of hydrogen-bond acceptors (Lipinski definition) is 6. The van der Waals surface area contributed by atoms with Crippen molar-refractivity contribution in [2.24, 2.45) is 22.9 Å². The Morgan fingerprint density at radius 1 is 0.553 bits per heavy atom. The van der Waals surface area contributed by atoms with Gasteiger partial charge in [0.1, 0.15) is 0 Å². The van der Waals surface area contributed by atoms with Crippen molar-refractivity contribution in [3.63, 3.8) is 0 Å². The maximum atomic E-state index is 12.2. The lowest BCUT2D eigenvalue weighted by atomic mass is 10.0. The molecule has 0 heterocycles. The van der Waals surface area contributed by atoms with Gasteiger partial charge in [-0.2, -0.15) is 0 Å². The third-order valence-corrected chi connectivity index (χ3v) is 5.64. The third-order valence-electron chi connectivity index (χ3n) is 5.64. The number of halogens is 2. The lowest BCUT2D eigenvalue weighted by molar-refractivity contribution is -0.114. The van der Waals surface area contributed by atoms with Crippen molar-refractivity contribution >= 4 is 36.4 Å². The lowest BCUT2D eigenvalue weighted by Crippen LogP contribution is -2.11. The first-order valence-electron chi connectivity index (χ1n) is 11.6. The minimum atomic E-state index is -0.614. The highest BCUT2D eigenvalue weighted by Crippen LogP contribution is 2.15. The molecule has 0 aromatic heterocycles. The van der Waals surface area contributed by atoms with Crippen LogP contribution in [0.2, 0.25) is 0 Å². The SMILES string of the molecule is Cl.Cl.NCc1ccc(CC(=O)C#CC(N)c2ccc(C(N)C#CC(=O)Cc3ccc(CN)cc3)cc2)cc1. The smallest absolute Gasteiger partial charge is 0.209 e. The fourth-order valence-electron chi connectivity index (χ4n) is 3.44. The van der Waals surface area contributed by atoms with Gasteiger partial charge in [0.2, 0.25) is 11.6 Å². The molecule has 0 aliphatic rings. The number of rotatable bonds is 8. The summed E-state index contributed by atoms with van der Waals surface area (Å²) in [6.45, 7) is 0.921. The highest BCUT2D eigenvalue weighted by molar-refractivity contribution is 5.97. The fraction of sp³-hybridized carbons (Fsp3) is 0.200. The third kappa shape index (κ3) is 10.1. The average molecular weight is 552 g/mol. The summed E-state index contributed by atoms with van der Waals surface area (Å²) in [4.78, 5) is 24.4. The fourth-order valence-corrected chi connectivity index (χ4v) is 3.44. The molecule has 6 nitrogen and oxygen atoms in total. The van der Waals surface area contributed by atoms with Gasteiger partial charge >= 0.3 is 0 Å². The number of carbonyl (C=O) groups is 2. The van der Waals surface area contributed by atoms with E-state index in [4.69, 9.17) is 22.9 Å². The van der Waals surface area contributed by atoms with Crippen molar-refractivity contribution in [1.29, 1.82) is 0 Å². The van der Waals surface area contributed by atoms with E-state index in [9.17, 15) is 9.59 Å². The van der Waals surface area contributed by atoms with Crippen molar-refractivity contribution in [3.05, 3.63) is 106 Å². The molecule has 0 fully saturated rings. The summed E-state index contributed by atoms with van der Waals surface area (Å²) in [6, 6.07) is 21.1. The van der Waals surface area contributed by atoms with E-state index in [1.165, 1.54) is 0 Å². The number of carbonyl (C=O) groups excluding carboxylic acids is 2. The second-order valence-corrected chi connectivity index (χ2v) is 8.40. The van der Waals surface area contributed by atoms with Gasteiger partial charge < -0.3 is 22.9 Å². The van der Waals surface area contributed by atoms with E-state index in [-0.39, 0.29) is 49.2 Å². The highest BCUT2D eigenvalue weighted by atomic mass is 35.5. The number of Topliss-reactive ketones (excluding diaryl/α,β-unsaturated/α-hetero) is 2. The first-order chi connectivity index (χ1) is 17.4. The van der Waals surface area contributed by atoms with Crippen LogP contribution in [0, 0.1) is 23.7 Å². The lowest BCUT2D eigenvalue weighted by Gasteiger charge is -2.08. The van der Waals surface area contributed by atoms with Crippen molar-refractivity contribution in [1.82, 2.24) is 0 Å². The normalized spacial score (nSPS) is 11.3. The molecule has 0 bridgehead atoms. The van der Waals surface area contributed by atoms with Crippen LogP contribution in [0.15, 0.2) is 72.8 Å². The van der Waals surface area contributed by atoms with Gasteiger partial charge in [0.25, 0.3) is 0 Å². The molecular formula is C30H32Cl2N4O2. The number of nitrogens with two attached hydrogens (primary N) is 4. The maximum absolute atomic E-state index is 12.2. The largest absolute Gasteiger partial charge is 0.326 e. The Kier molecular flexibility index (Phi) is 14.1. The van der Waals surface area contributed by atoms with Crippen LogP contribution < -0.4 is 22.9 Å². The van der Waals surface area contributed by atoms with E-state index < -0.39 is 12.1 Å². The van der Waals surface area contributed by atoms with E-state index in [0.717, 1.165) is 33.4 Å². The van der Waals surface area contributed by atoms with Gasteiger partial charge in [-0.1, -0.05) is 84.6 Å². The van der Waals surface area contributed by atoms with E-state index in [1.807, 2.05) is 48.5 Å². The summed E-state index contributed by atoms with van der Waals surface area (Å²) in [5.41, 5.74) is 28.7. The van der Waals surface area contributed by atoms with Gasteiger partial charge in [0.15, 0.2) is 0 Å². The second-order valence-electron chi connectivity index (χ2n) is 8.40. The van der Waals surface area contributed by atoms with Gasteiger partial charge in [-0.05, 0) is 45.2 Å². The Bertz CT molecular complexity index is 1210. The minimum Gasteiger partial charge on any atom is -0.326 e. The molecular weight excluding hydrogens is 519 g/mol. The predicted molar refractivity (Wildman–Crippen MR) is 156 cm³/mol. The van der Waals surface area contributed by atoms with Crippen molar-refractivity contribution in [3.8, 4) is 23.7 Å². The molecule has 198 valence electrons. The summed E-state index contributed by atoms with van der Waals surface area (Å²) in [7, 11) is 0. The van der Waals surface area contributed by atoms with E-state index in [2.05, 4.69) is 23.7 Å². The zero-order valence-electron chi connectivity index (χ0n) is 20.9. The van der Waals surface area contributed by atoms with Gasteiger partial charge in [0, 0.05) is 25.9 Å². The minimum absolute atomic E-state index is 0. The van der Waals surface area contributed by atoms with Crippen molar-refractivity contribution in [2.75, 3.05) is 0 Å². The number of ketones is 2. The molecule has 0 aliphatic heterocycles. The molecule has 0 spiro atoms. The molecule has 3 rings (SSSR count). The Morgan fingerprint density at radius 2 is 0.842 bits per heavy atom. The summed E-state index contributed by atoms with van der Waals surface area (Å²) < 4.78 is 0. The van der Waals surface area contributed by atoms with Gasteiger partial charge in [-0.15, -0.1) is 24.8 Å². The Morgan fingerprint density at radius 3 is 1.13 bits per heavy atom. The zero-order chi connectivity index (χ0) is 25.9. The average Bonchev–Trinajstić information content (AvgIpc) is 2.91. The zero-order valence-corrected chi connectivity index (χ0v) is 22.5.